The zero-order valence-electron chi connectivity index (χ0n) is 8.73. The maximum atomic E-state index is 11.6. The van der Waals surface area contributed by atoms with Crippen molar-refractivity contribution in [2.24, 2.45) is 0 Å². The summed E-state index contributed by atoms with van der Waals surface area (Å²) in [5.74, 6) is 0.271. The molecule has 0 radical (unpaired) electrons. The third kappa shape index (κ3) is 2.70. The van der Waals surface area contributed by atoms with Gasteiger partial charge in [-0.1, -0.05) is 6.07 Å². The molecule has 4 nitrogen and oxygen atoms in total. The van der Waals surface area contributed by atoms with E-state index in [1.807, 2.05) is 6.92 Å². The van der Waals surface area contributed by atoms with Gasteiger partial charge in [-0.05, 0) is 24.6 Å². The van der Waals surface area contributed by atoms with E-state index in [4.69, 9.17) is 9.84 Å². The van der Waals surface area contributed by atoms with Crippen LogP contribution < -0.4 is 4.74 Å². The van der Waals surface area contributed by atoms with Crippen LogP contribution >= 0.6 is 0 Å². The lowest BCUT2D eigenvalue weighted by molar-refractivity contribution is 0.319. The largest absolute Gasteiger partial charge is 0.496 e. The number of hydrogen-bond acceptors (Lipinski definition) is 4. The van der Waals surface area contributed by atoms with Crippen molar-refractivity contribution in [1.82, 2.24) is 0 Å². The van der Waals surface area contributed by atoms with E-state index in [1.165, 1.54) is 19.2 Å². The minimum absolute atomic E-state index is 0.180. The van der Waals surface area contributed by atoms with Crippen molar-refractivity contribution in [3.63, 3.8) is 0 Å². The van der Waals surface area contributed by atoms with Crippen molar-refractivity contribution in [3.8, 4) is 5.75 Å². The Kier molecular flexibility index (Phi) is 3.71. The number of sulfone groups is 1. The van der Waals surface area contributed by atoms with Crippen molar-refractivity contribution in [1.29, 1.82) is 0 Å². The van der Waals surface area contributed by atoms with Gasteiger partial charge in [0.25, 0.3) is 0 Å². The van der Waals surface area contributed by atoms with Crippen LogP contribution in [0.2, 0.25) is 0 Å². The van der Waals surface area contributed by atoms with Crippen LogP contribution in [0.3, 0.4) is 0 Å². The topological polar surface area (TPSA) is 63.6 Å². The Morgan fingerprint density at radius 2 is 2.07 bits per heavy atom. The van der Waals surface area contributed by atoms with E-state index < -0.39 is 9.84 Å². The maximum Gasteiger partial charge on any atom is 0.180 e. The van der Waals surface area contributed by atoms with Gasteiger partial charge in [0.2, 0.25) is 0 Å². The number of hydrogen-bond donors (Lipinski definition) is 1. The first kappa shape index (κ1) is 12.0. The zero-order valence-corrected chi connectivity index (χ0v) is 9.54. The summed E-state index contributed by atoms with van der Waals surface area (Å²) < 4.78 is 28.2. The molecule has 0 aliphatic carbocycles. The van der Waals surface area contributed by atoms with Gasteiger partial charge >= 0.3 is 0 Å². The summed E-state index contributed by atoms with van der Waals surface area (Å²) in [5, 5.41) is 8.63. The molecule has 84 valence electrons. The first-order valence-corrected chi connectivity index (χ1v) is 6.15. The fraction of sp³-hybridized carbons (Fsp3) is 0.400. The summed E-state index contributed by atoms with van der Waals surface area (Å²) in [6.45, 7) is 1.46. The molecule has 1 aromatic carbocycles. The molecular weight excluding hydrogens is 216 g/mol. The first-order valence-electron chi connectivity index (χ1n) is 4.49. The molecule has 0 heterocycles. The molecule has 0 aliphatic rings. The van der Waals surface area contributed by atoms with Gasteiger partial charge in [-0.3, -0.25) is 0 Å². The van der Waals surface area contributed by atoms with Crippen LogP contribution in [-0.2, 0) is 9.84 Å². The maximum absolute atomic E-state index is 11.6. The van der Waals surface area contributed by atoms with Crippen LogP contribution in [0.15, 0.2) is 23.1 Å². The van der Waals surface area contributed by atoms with Crippen LogP contribution in [0.4, 0.5) is 0 Å². The second-order valence-electron chi connectivity index (χ2n) is 3.17. The fourth-order valence-electron chi connectivity index (χ4n) is 1.23. The van der Waals surface area contributed by atoms with Crippen LogP contribution in [0, 0.1) is 6.92 Å². The lowest BCUT2D eigenvalue weighted by Gasteiger charge is -2.07. The Bertz CT molecular complexity index is 437. The number of benzene rings is 1. The van der Waals surface area contributed by atoms with Crippen LogP contribution in [0.5, 0.6) is 5.75 Å². The molecule has 0 saturated heterocycles. The summed E-state index contributed by atoms with van der Waals surface area (Å²) in [6.07, 6.45) is 0. The molecule has 0 saturated carbocycles. The number of aliphatic hydroxyl groups is 1. The average molecular weight is 230 g/mol. The van der Waals surface area contributed by atoms with Gasteiger partial charge in [0.05, 0.1) is 24.4 Å². The van der Waals surface area contributed by atoms with Crippen molar-refractivity contribution in [2.75, 3.05) is 19.5 Å². The van der Waals surface area contributed by atoms with Gasteiger partial charge in [-0.2, -0.15) is 0 Å². The first-order chi connectivity index (χ1) is 7.01. The third-order valence-electron chi connectivity index (χ3n) is 2.10. The van der Waals surface area contributed by atoms with Gasteiger partial charge in [0.15, 0.2) is 9.84 Å². The third-order valence-corrected chi connectivity index (χ3v) is 3.79. The minimum Gasteiger partial charge on any atom is -0.496 e. The van der Waals surface area contributed by atoms with E-state index in [1.54, 1.807) is 6.07 Å². The Morgan fingerprint density at radius 1 is 1.40 bits per heavy atom. The summed E-state index contributed by atoms with van der Waals surface area (Å²) in [4.78, 5) is 0.180. The second kappa shape index (κ2) is 4.63. The minimum atomic E-state index is -3.39. The van der Waals surface area contributed by atoms with Crippen molar-refractivity contribution < 1.29 is 18.3 Å². The Morgan fingerprint density at radius 3 is 2.60 bits per heavy atom. The summed E-state index contributed by atoms with van der Waals surface area (Å²) in [7, 11) is -1.90. The van der Waals surface area contributed by atoms with E-state index in [-0.39, 0.29) is 17.3 Å². The summed E-state index contributed by atoms with van der Waals surface area (Å²) in [6, 6.07) is 4.67. The second-order valence-corrected chi connectivity index (χ2v) is 5.28. The van der Waals surface area contributed by atoms with E-state index in [9.17, 15) is 8.42 Å². The molecule has 1 aromatic rings. The van der Waals surface area contributed by atoms with Gasteiger partial charge in [0.1, 0.15) is 5.75 Å². The Labute approximate surface area is 89.4 Å². The highest BCUT2D eigenvalue weighted by molar-refractivity contribution is 7.91. The van der Waals surface area contributed by atoms with Gasteiger partial charge < -0.3 is 9.84 Å². The molecule has 1 N–H and O–H groups in total. The molecule has 5 heteroatoms. The molecule has 0 bridgehead atoms. The SMILES string of the molecule is COc1cc(S(=O)(=O)CCO)ccc1C. The fourth-order valence-corrected chi connectivity index (χ4v) is 2.27. The van der Waals surface area contributed by atoms with Gasteiger partial charge in [0, 0.05) is 0 Å². The highest BCUT2D eigenvalue weighted by atomic mass is 32.2. The number of rotatable bonds is 4. The molecule has 1 rings (SSSR count). The molecule has 0 atom stereocenters. The van der Waals surface area contributed by atoms with Gasteiger partial charge in [-0.15, -0.1) is 0 Å². The molecule has 0 aliphatic heterocycles. The van der Waals surface area contributed by atoms with Crippen LogP contribution in [0.1, 0.15) is 5.56 Å². The molecule has 0 amide bonds. The standard InChI is InChI=1S/C10H14O4S/c1-8-3-4-9(7-10(8)14-2)15(12,13)6-5-11/h3-4,7,11H,5-6H2,1-2H3. The number of aliphatic hydroxyl groups excluding tert-OH is 1. The summed E-state index contributed by atoms with van der Waals surface area (Å²) in [5.41, 5.74) is 0.875. The normalized spacial score (nSPS) is 11.4. The van der Waals surface area contributed by atoms with Crippen LogP contribution in [-0.4, -0.2) is 33.0 Å². The van der Waals surface area contributed by atoms with Gasteiger partial charge in [-0.25, -0.2) is 8.42 Å². The van der Waals surface area contributed by atoms with Crippen molar-refractivity contribution >= 4 is 9.84 Å². The van der Waals surface area contributed by atoms with Crippen molar-refractivity contribution in [2.45, 2.75) is 11.8 Å². The molecule has 0 fully saturated rings. The molecule has 0 spiro atoms. The predicted molar refractivity (Wildman–Crippen MR) is 56.9 cm³/mol. The summed E-state index contributed by atoms with van der Waals surface area (Å²) >= 11 is 0. The highest BCUT2D eigenvalue weighted by Gasteiger charge is 2.14. The molecular formula is C10H14O4S. The van der Waals surface area contributed by atoms with E-state index in [0.29, 0.717) is 5.75 Å². The lowest BCUT2D eigenvalue weighted by atomic mass is 10.2. The number of methoxy groups -OCH3 is 1. The number of ether oxygens (including phenoxy) is 1. The predicted octanol–water partition coefficient (Wildman–Crippen LogP) is 0.770. The van der Waals surface area contributed by atoms with E-state index >= 15 is 0 Å². The van der Waals surface area contributed by atoms with Crippen molar-refractivity contribution in [3.05, 3.63) is 23.8 Å². The highest BCUT2D eigenvalue weighted by Crippen LogP contribution is 2.22. The lowest BCUT2D eigenvalue weighted by Crippen LogP contribution is -2.10. The molecule has 0 aromatic heterocycles. The number of aryl methyl sites for hydroxylation is 1. The Balaban J connectivity index is 3.17. The zero-order chi connectivity index (χ0) is 11.5. The monoisotopic (exact) mass is 230 g/mol. The average Bonchev–Trinajstić information content (AvgIpc) is 2.18. The molecule has 15 heavy (non-hydrogen) atoms. The smallest absolute Gasteiger partial charge is 0.180 e. The Hall–Kier alpha value is -1.07. The molecule has 0 unspecified atom stereocenters. The van der Waals surface area contributed by atoms with Crippen LogP contribution in [0.25, 0.3) is 0 Å². The van der Waals surface area contributed by atoms with E-state index in [2.05, 4.69) is 0 Å². The van der Waals surface area contributed by atoms with E-state index in [0.717, 1.165) is 5.56 Å². The quantitative estimate of drug-likeness (QED) is 0.829.